The molecule has 1 saturated carbocycles. The molecule has 3 heterocycles. The van der Waals surface area contributed by atoms with Gasteiger partial charge >= 0.3 is 12.1 Å². The highest BCUT2D eigenvalue weighted by Crippen LogP contribution is 2.34. The maximum absolute atomic E-state index is 12.4. The number of nitrogens with zero attached hydrogens (tertiary/aromatic N) is 3. The van der Waals surface area contributed by atoms with Gasteiger partial charge in [-0.3, -0.25) is 9.69 Å². The van der Waals surface area contributed by atoms with Crippen LogP contribution in [0.5, 0.6) is 5.75 Å². The number of anilines is 1. The number of pyridine rings is 1. The van der Waals surface area contributed by atoms with Crippen LogP contribution in [0.3, 0.4) is 0 Å². The molecule has 0 spiro atoms. The Morgan fingerprint density at radius 1 is 1.17 bits per heavy atom. The van der Waals surface area contributed by atoms with E-state index < -0.39 is 12.1 Å². The summed E-state index contributed by atoms with van der Waals surface area (Å²) < 4.78 is 42.9. The number of hydrogen-bond donors (Lipinski definition) is 1. The minimum Gasteiger partial charge on any atom is -0.489 e. The van der Waals surface area contributed by atoms with E-state index in [1.165, 1.54) is 5.56 Å². The average molecular weight is 426 g/mol. The van der Waals surface area contributed by atoms with E-state index in [1.54, 1.807) is 0 Å². The number of piperazine rings is 1. The first-order valence-corrected chi connectivity index (χ1v) is 10.9. The molecule has 4 rings (SSSR count). The van der Waals surface area contributed by atoms with E-state index in [0.29, 0.717) is 18.8 Å². The van der Waals surface area contributed by atoms with Crippen LogP contribution in [0.4, 0.5) is 19.0 Å². The summed E-state index contributed by atoms with van der Waals surface area (Å²) in [4.78, 5) is 20.4. The molecular formula is C21H29F3N4O2. The Morgan fingerprint density at radius 2 is 1.90 bits per heavy atom. The molecule has 9 heteroatoms. The normalized spacial score (nSPS) is 25.0. The van der Waals surface area contributed by atoms with E-state index in [-0.39, 0.29) is 6.04 Å². The van der Waals surface area contributed by atoms with Crippen LogP contribution in [0.25, 0.3) is 0 Å². The van der Waals surface area contributed by atoms with Crippen LogP contribution in [0.2, 0.25) is 0 Å². The molecule has 30 heavy (non-hydrogen) atoms. The van der Waals surface area contributed by atoms with Crippen LogP contribution >= 0.6 is 0 Å². The Kier molecular flexibility index (Phi) is 6.36. The van der Waals surface area contributed by atoms with Gasteiger partial charge in [-0.1, -0.05) is 0 Å². The number of rotatable bonds is 5. The standard InChI is InChI=1S/C21H29F3N4O2/c22-21(23,24)20(29)26-17-3-1-15(2-4-17)6-9-27-10-12-28(13-11-27)19-18-16(5-8-25-19)7-14-30-18/h5,8,15,17H,1-4,6-7,9-14H2,(H,26,29)/t15-,17-. The lowest BCUT2D eigenvalue weighted by Crippen LogP contribution is -2.47. The number of halogens is 3. The fourth-order valence-electron chi connectivity index (χ4n) is 4.73. The number of nitrogens with one attached hydrogen (secondary N) is 1. The van der Waals surface area contributed by atoms with Gasteiger partial charge in [0.05, 0.1) is 6.61 Å². The monoisotopic (exact) mass is 426 g/mol. The minimum atomic E-state index is -4.79. The van der Waals surface area contributed by atoms with Gasteiger partial charge in [0.25, 0.3) is 0 Å². The number of alkyl halides is 3. The zero-order chi connectivity index (χ0) is 21.1. The number of aromatic nitrogens is 1. The van der Waals surface area contributed by atoms with Crippen molar-refractivity contribution < 1.29 is 22.7 Å². The summed E-state index contributed by atoms with van der Waals surface area (Å²) in [5, 5.41) is 2.13. The van der Waals surface area contributed by atoms with Crippen molar-refractivity contribution in [2.75, 3.05) is 44.2 Å². The Labute approximate surface area is 174 Å². The van der Waals surface area contributed by atoms with Crippen LogP contribution in [-0.4, -0.2) is 67.3 Å². The van der Waals surface area contributed by atoms with Gasteiger partial charge in [-0.15, -0.1) is 0 Å². The number of amides is 1. The van der Waals surface area contributed by atoms with Gasteiger partial charge in [0.15, 0.2) is 11.6 Å². The average Bonchev–Trinajstić information content (AvgIpc) is 3.22. The molecule has 2 fully saturated rings. The second kappa shape index (κ2) is 8.99. The molecule has 0 unspecified atom stereocenters. The smallest absolute Gasteiger partial charge is 0.471 e. The number of fused-ring (bicyclic) bond motifs is 1. The van der Waals surface area contributed by atoms with Gasteiger partial charge in [0.2, 0.25) is 0 Å². The van der Waals surface area contributed by atoms with E-state index in [2.05, 4.69) is 20.1 Å². The van der Waals surface area contributed by atoms with Crippen LogP contribution < -0.4 is 15.0 Å². The fraction of sp³-hybridized carbons (Fsp3) is 0.714. The van der Waals surface area contributed by atoms with E-state index in [4.69, 9.17) is 4.74 Å². The first-order valence-electron chi connectivity index (χ1n) is 10.9. The highest BCUT2D eigenvalue weighted by atomic mass is 19.4. The first-order chi connectivity index (χ1) is 14.4. The van der Waals surface area contributed by atoms with Gasteiger partial charge < -0.3 is 15.0 Å². The van der Waals surface area contributed by atoms with Crippen molar-refractivity contribution >= 4 is 11.7 Å². The number of hydrogen-bond acceptors (Lipinski definition) is 5. The molecule has 166 valence electrons. The van der Waals surface area contributed by atoms with Crippen LogP contribution in [-0.2, 0) is 11.2 Å². The molecule has 1 aromatic rings. The summed E-state index contributed by atoms with van der Waals surface area (Å²) in [6.07, 6.45) is 2.09. The maximum Gasteiger partial charge on any atom is 0.471 e. The molecule has 0 bridgehead atoms. The lowest BCUT2D eigenvalue weighted by molar-refractivity contribution is -0.174. The van der Waals surface area contributed by atoms with Gasteiger partial charge in [-0.2, -0.15) is 13.2 Å². The van der Waals surface area contributed by atoms with E-state index in [1.807, 2.05) is 12.3 Å². The first kappa shape index (κ1) is 21.2. The van der Waals surface area contributed by atoms with Gasteiger partial charge in [0.1, 0.15) is 0 Å². The molecule has 1 amide bonds. The van der Waals surface area contributed by atoms with Crippen molar-refractivity contribution in [2.45, 2.75) is 50.7 Å². The predicted molar refractivity (Wildman–Crippen MR) is 107 cm³/mol. The molecule has 2 aliphatic heterocycles. The third kappa shape index (κ3) is 4.99. The second-order valence-corrected chi connectivity index (χ2v) is 8.53. The topological polar surface area (TPSA) is 57.7 Å². The van der Waals surface area contributed by atoms with Crippen molar-refractivity contribution in [3.05, 3.63) is 17.8 Å². The zero-order valence-corrected chi connectivity index (χ0v) is 17.1. The second-order valence-electron chi connectivity index (χ2n) is 8.53. The maximum atomic E-state index is 12.4. The van der Waals surface area contributed by atoms with E-state index >= 15 is 0 Å². The highest BCUT2D eigenvalue weighted by molar-refractivity contribution is 5.81. The number of ether oxygens (including phenoxy) is 1. The van der Waals surface area contributed by atoms with Crippen molar-refractivity contribution in [2.24, 2.45) is 5.92 Å². The largest absolute Gasteiger partial charge is 0.489 e. The van der Waals surface area contributed by atoms with Crippen molar-refractivity contribution in [3.8, 4) is 5.75 Å². The number of carbonyl (C=O) groups is 1. The van der Waals surface area contributed by atoms with Crippen LogP contribution in [0, 0.1) is 5.92 Å². The molecule has 1 saturated heterocycles. The molecular weight excluding hydrogens is 397 g/mol. The Balaban J connectivity index is 1.17. The van der Waals surface area contributed by atoms with Crippen molar-refractivity contribution in [1.29, 1.82) is 0 Å². The lowest BCUT2D eigenvalue weighted by Gasteiger charge is -2.37. The number of carbonyl (C=O) groups excluding carboxylic acids is 1. The van der Waals surface area contributed by atoms with Crippen LogP contribution in [0.15, 0.2) is 12.3 Å². The fourth-order valence-corrected chi connectivity index (χ4v) is 4.73. The zero-order valence-electron chi connectivity index (χ0n) is 17.1. The summed E-state index contributed by atoms with van der Waals surface area (Å²) in [7, 11) is 0. The quantitative estimate of drug-likeness (QED) is 0.785. The lowest BCUT2D eigenvalue weighted by atomic mass is 9.84. The summed E-state index contributed by atoms with van der Waals surface area (Å²) in [5.74, 6) is 0.617. The molecule has 0 atom stereocenters. The molecule has 1 aromatic heterocycles. The third-order valence-corrected chi connectivity index (χ3v) is 6.55. The van der Waals surface area contributed by atoms with Crippen LogP contribution in [0.1, 0.15) is 37.7 Å². The van der Waals surface area contributed by atoms with Gasteiger partial charge in [-0.25, -0.2) is 4.98 Å². The molecule has 0 aromatic carbocycles. The Hall–Kier alpha value is -2.03. The summed E-state index contributed by atoms with van der Waals surface area (Å²) >= 11 is 0. The summed E-state index contributed by atoms with van der Waals surface area (Å²) in [6, 6.07) is 1.69. The highest BCUT2D eigenvalue weighted by Gasteiger charge is 2.40. The predicted octanol–water partition coefficient (Wildman–Crippen LogP) is 2.77. The molecule has 1 N–H and O–H groups in total. The molecule has 1 aliphatic carbocycles. The summed E-state index contributed by atoms with van der Waals surface area (Å²) in [5.41, 5.74) is 1.24. The van der Waals surface area contributed by atoms with Gasteiger partial charge in [-0.05, 0) is 50.6 Å². The molecule has 6 nitrogen and oxygen atoms in total. The minimum absolute atomic E-state index is 0.346. The van der Waals surface area contributed by atoms with E-state index in [0.717, 1.165) is 76.6 Å². The van der Waals surface area contributed by atoms with Crippen molar-refractivity contribution in [1.82, 2.24) is 15.2 Å². The third-order valence-electron chi connectivity index (χ3n) is 6.55. The molecule has 3 aliphatic rings. The van der Waals surface area contributed by atoms with E-state index in [9.17, 15) is 18.0 Å². The Bertz CT molecular complexity index is 742. The summed E-state index contributed by atoms with van der Waals surface area (Å²) in [6.45, 7) is 5.53. The molecule has 0 radical (unpaired) electrons. The SMILES string of the molecule is O=C(N[C@H]1CC[C@H](CCN2CCN(c3nccc4c3OCC4)CC2)CC1)C(F)(F)F. The Morgan fingerprint density at radius 3 is 2.60 bits per heavy atom. The van der Waals surface area contributed by atoms with Gasteiger partial charge in [0, 0.05) is 50.4 Å². The van der Waals surface area contributed by atoms with Crippen molar-refractivity contribution in [3.63, 3.8) is 0 Å².